The second kappa shape index (κ2) is 11.5. The molecule has 1 fully saturated rings. The Morgan fingerprint density at radius 2 is 1.92 bits per heavy atom. The minimum atomic E-state index is -3.14. The molecule has 0 aliphatic carbocycles. The largest absolute Gasteiger partial charge is 0.444 e. The molecule has 0 spiro atoms. The summed E-state index contributed by atoms with van der Waals surface area (Å²) in [5.74, 6) is -1.99. The van der Waals surface area contributed by atoms with E-state index in [1.807, 2.05) is 6.07 Å². The van der Waals surface area contributed by atoms with E-state index in [4.69, 9.17) is 4.74 Å². The summed E-state index contributed by atoms with van der Waals surface area (Å²) in [7, 11) is 0. The number of alkyl halides is 2. The fourth-order valence-corrected chi connectivity index (χ4v) is 5.66. The van der Waals surface area contributed by atoms with Crippen molar-refractivity contribution in [1.82, 2.24) is 15.5 Å². The molecule has 1 aromatic carbocycles. The Morgan fingerprint density at radius 1 is 1.24 bits per heavy atom. The SMILES string of the molecule is Cc1cc2c(cc1C(=O)N[C@@H]1CCCN(C(=O)OC(C)(C)C)C1)N(CCNC(=O)C(F)F)C(=O)C(C)(C)S2. The van der Waals surface area contributed by atoms with Gasteiger partial charge in [0.1, 0.15) is 5.60 Å². The molecule has 0 unspecified atom stereocenters. The lowest BCUT2D eigenvalue weighted by Crippen LogP contribution is -2.51. The maximum atomic E-state index is 13.3. The second-order valence-corrected chi connectivity index (χ2v) is 12.7. The molecule has 0 aromatic heterocycles. The van der Waals surface area contributed by atoms with Gasteiger partial charge in [0.15, 0.2) is 0 Å². The molecular weight excluding hydrogens is 518 g/mol. The van der Waals surface area contributed by atoms with Gasteiger partial charge in [0, 0.05) is 42.7 Å². The van der Waals surface area contributed by atoms with E-state index in [9.17, 15) is 28.0 Å². The van der Waals surface area contributed by atoms with Gasteiger partial charge in [-0.2, -0.15) is 8.78 Å². The number of carbonyl (C=O) groups is 4. The van der Waals surface area contributed by atoms with Crippen molar-refractivity contribution in [1.29, 1.82) is 0 Å². The van der Waals surface area contributed by atoms with Crippen molar-refractivity contribution in [2.24, 2.45) is 0 Å². The van der Waals surface area contributed by atoms with Crippen LogP contribution in [0.4, 0.5) is 19.3 Å². The fourth-order valence-electron chi connectivity index (χ4n) is 4.40. The number of thioether (sulfide) groups is 1. The van der Waals surface area contributed by atoms with Gasteiger partial charge in [-0.25, -0.2) is 4.79 Å². The van der Waals surface area contributed by atoms with Gasteiger partial charge >= 0.3 is 12.5 Å². The number of amides is 4. The number of hydrogen-bond acceptors (Lipinski definition) is 6. The van der Waals surface area contributed by atoms with Gasteiger partial charge in [-0.3, -0.25) is 14.4 Å². The number of likely N-dealkylation sites (tertiary alicyclic amines) is 1. The highest BCUT2D eigenvalue weighted by Crippen LogP contribution is 2.46. The van der Waals surface area contributed by atoms with Gasteiger partial charge in [-0.1, -0.05) is 0 Å². The molecule has 2 N–H and O–H groups in total. The third kappa shape index (κ3) is 7.15. The van der Waals surface area contributed by atoms with Gasteiger partial charge in [0.2, 0.25) is 5.91 Å². The van der Waals surface area contributed by atoms with E-state index >= 15 is 0 Å². The molecule has 1 saturated heterocycles. The van der Waals surface area contributed by atoms with E-state index in [2.05, 4.69) is 10.6 Å². The Labute approximate surface area is 226 Å². The maximum Gasteiger partial charge on any atom is 0.410 e. The van der Waals surface area contributed by atoms with Gasteiger partial charge in [0.05, 0.1) is 10.4 Å². The van der Waals surface area contributed by atoms with Crippen LogP contribution >= 0.6 is 11.8 Å². The van der Waals surface area contributed by atoms with Crippen molar-refractivity contribution in [3.05, 3.63) is 23.3 Å². The first-order valence-corrected chi connectivity index (χ1v) is 13.4. The molecule has 1 atom stereocenters. The Bertz CT molecular complexity index is 1110. The summed E-state index contributed by atoms with van der Waals surface area (Å²) in [6, 6.07) is 3.19. The summed E-state index contributed by atoms with van der Waals surface area (Å²) in [5.41, 5.74) is 0.948. The summed E-state index contributed by atoms with van der Waals surface area (Å²) in [5, 5.41) is 5.13. The number of benzene rings is 1. The topological polar surface area (TPSA) is 108 Å². The summed E-state index contributed by atoms with van der Waals surface area (Å²) in [4.78, 5) is 54.1. The predicted octanol–water partition coefficient (Wildman–Crippen LogP) is 3.72. The number of carbonyl (C=O) groups excluding carboxylic acids is 4. The number of halogens is 2. The highest BCUT2D eigenvalue weighted by Gasteiger charge is 2.40. The second-order valence-electron chi connectivity index (χ2n) is 11.0. The van der Waals surface area contributed by atoms with Crippen LogP contribution < -0.4 is 15.5 Å². The minimum absolute atomic E-state index is 0.0219. The lowest BCUT2D eigenvalue weighted by atomic mass is 10.0. The van der Waals surface area contributed by atoms with E-state index < -0.39 is 28.8 Å². The average molecular weight is 555 g/mol. The standard InChI is InChI=1S/C26H36F2N4O5S/c1-15-12-19-18(32(23(35)26(5,6)38-19)11-9-29-22(34)20(27)28)13-17(15)21(33)30-16-8-7-10-31(14-16)24(36)37-25(2,3)4/h12-13,16,20H,7-11,14H2,1-6H3,(H,29,34)(H,30,33)/t16-/m1/s1. The summed E-state index contributed by atoms with van der Waals surface area (Å²) >= 11 is 1.36. The lowest BCUT2D eigenvalue weighted by molar-refractivity contribution is -0.131. The zero-order valence-electron chi connectivity index (χ0n) is 22.7. The number of anilines is 1. The van der Waals surface area contributed by atoms with E-state index in [1.54, 1.807) is 52.5 Å². The molecule has 2 heterocycles. The number of ether oxygens (including phenoxy) is 1. The highest BCUT2D eigenvalue weighted by molar-refractivity contribution is 8.01. The number of hydrogen-bond donors (Lipinski definition) is 2. The maximum absolute atomic E-state index is 13.3. The zero-order chi connectivity index (χ0) is 28.4. The molecule has 4 amide bonds. The number of fused-ring (bicyclic) bond motifs is 1. The van der Waals surface area contributed by atoms with Crippen molar-refractivity contribution in [3.8, 4) is 0 Å². The number of piperidine rings is 1. The van der Waals surface area contributed by atoms with Crippen LogP contribution in [0.15, 0.2) is 17.0 Å². The molecule has 12 heteroatoms. The van der Waals surface area contributed by atoms with Crippen LogP contribution in [0.3, 0.4) is 0 Å². The van der Waals surface area contributed by atoms with Gasteiger partial charge in [-0.15, -0.1) is 11.8 Å². The lowest BCUT2D eigenvalue weighted by Gasteiger charge is -2.38. The highest BCUT2D eigenvalue weighted by atomic mass is 32.2. The van der Waals surface area contributed by atoms with Gasteiger partial charge in [0.25, 0.3) is 11.8 Å². The smallest absolute Gasteiger partial charge is 0.410 e. The fraction of sp³-hybridized carbons (Fsp3) is 0.615. The van der Waals surface area contributed by atoms with E-state index in [0.717, 1.165) is 4.90 Å². The van der Waals surface area contributed by atoms with Gasteiger partial charge in [-0.05, 0) is 72.1 Å². The zero-order valence-corrected chi connectivity index (χ0v) is 23.5. The Kier molecular flexibility index (Phi) is 8.95. The quantitative estimate of drug-likeness (QED) is 0.555. The molecule has 2 aliphatic heterocycles. The predicted molar refractivity (Wildman–Crippen MR) is 141 cm³/mol. The third-order valence-electron chi connectivity index (χ3n) is 6.21. The number of rotatable bonds is 6. The average Bonchev–Trinajstić information content (AvgIpc) is 2.80. The molecule has 38 heavy (non-hydrogen) atoms. The van der Waals surface area contributed by atoms with Crippen molar-refractivity contribution >= 4 is 41.3 Å². The van der Waals surface area contributed by atoms with E-state index in [-0.39, 0.29) is 30.9 Å². The Balaban J connectivity index is 1.78. The van der Waals surface area contributed by atoms with E-state index in [1.165, 1.54) is 16.7 Å². The van der Waals surface area contributed by atoms with Crippen molar-refractivity contribution in [3.63, 3.8) is 0 Å². The van der Waals surface area contributed by atoms with Crippen molar-refractivity contribution < 1.29 is 32.7 Å². The monoisotopic (exact) mass is 554 g/mol. The molecule has 0 saturated carbocycles. The molecule has 1 aromatic rings. The normalized spacial score (nSPS) is 19.2. The van der Waals surface area contributed by atoms with Crippen LogP contribution in [0.2, 0.25) is 0 Å². The van der Waals surface area contributed by atoms with Crippen molar-refractivity contribution in [2.75, 3.05) is 31.1 Å². The molecular formula is C26H36F2N4O5S. The van der Waals surface area contributed by atoms with Crippen molar-refractivity contribution in [2.45, 2.75) is 82.1 Å². The molecule has 2 aliphatic rings. The first-order chi connectivity index (χ1) is 17.6. The third-order valence-corrected chi connectivity index (χ3v) is 7.44. The number of nitrogens with zero attached hydrogens (tertiary/aromatic N) is 2. The summed E-state index contributed by atoms with van der Waals surface area (Å²) in [6.07, 6.45) is -2.15. The summed E-state index contributed by atoms with van der Waals surface area (Å²) in [6.45, 7) is 11.4. The Hall–Kier alpha value is -2.89. The molecule has 0 radical (unpaired) electrons. The number of aryl methyl sites for hydroxylation is 1. The molecule has 3 rings (SSSR count). The van der Waals surface area contributed by atoms with Crippen LogP contribution in [-0.2, 0) is 14.3 Å². The van der Waals surface area contributed by atoms with Crippen LogP contribution in [0, 0.1) is 6.92 Å². The van der Waals surface area contributed by atoms with Crippen LogP contribution in [-0.4, -0.2) is 77.7 Å². The first kappa shape index (κ1) is 29.7. The van der Waals surface area contributed by atoms with E-state index in [0.29, 0.717) is 42.7 Å². The van der Waals surface area contributed by atoms with Crippen LogP contribution in [0.5, 0.6) is 0 Å². The van der Waals surface area contributed by atoms with Crippen LogP contribution in [0.1, 0.15) is 63.4 Å². The van der Waals surface area contributed by atoms with Crippen LogP contribution in [0.25, 0.3) is 0 Å². The molecule has 9 nitrogen and oxygen atoms in total. The summed E-state index contributed by atoms with van der Waals surface area (Å²) < 4.78 is 29.8. The minimum Gasteiger partial charge on any atom is -0.444 e. The Morgan fingerprint density at radius 3 is 2.55 bits per heavy atom. The molecule has 210 valence electrons. The molecule has 0 bridgehead atoms. The van der Waals surface area contributed by atoms with Gasteiger partial charge < -0.3 is 25.2 Å². The first-order valence-electron chi connectivity index (χ1n) is 12.6. The number of nitrogens with one attached hydrogen (secondary N) is 2.